The van der Waals surface area contributed by atoms with Crippen molar-refractivity contribution in [3.05, 3.63) is 0 Å². The summed E-state index contributed by atoms with van der Waals surface area (Å²) in [5.41, 5.74) is 0. The lowest BCUT2D eigenvalue weighted by molar-refractivity contribution is -0.142. The monoisotopic (exact) mass is 211 g/mol. The molecule has 0 unspecified atom stereocenters. The Bertz CT molecular complexity index is 286. The Kier molecular flexibility index (Phi) is 2.67. The SMILES string of the molecule is CCN(CC1CC1)C(=O)[C@H]1C[C@@H]1C(=O)O. The minimum absolute atomic E-state index is 0.0526. The molecule has 84 valence electrons. The molecule has 0 spiro atoms. The van der Waals surface area contributed by atoms with Crippen LogP contribution in [-0.2, 0) is 9.59 Å². The molecule has 0 aliphatic heterocycles. The zero-order valence-corrected chi connectivity index (χ0v) is 8.98. The molecule has 2 aliphatic carbocycles. The van der Waals surface area contributed by atoms with Crippen LogP contribution in [0.5, 0.6) is 0 Å². The molecule has 2 rings (SSSR count). The largest absolute Gasteiger partial charge is 0.481 e. The number of carboxylic acid groups (broad SMARTS) is 1. The van der Waals surface area contributed by atoms with E-state index in [0.29, 0.717) is 18.9 Å². The number of amides is 1. The lowest BCUT2D eigenvalue weighted by Gasteiger charge is -2.20. The van der Waals surface area contributed by atoms with Crippen molar-refractivity contribution in [3.63, 3.8) is 0 Å². The van der Waals surface area contributed by atoms with Gasteiger partial charge >= 0.3 is 5.97 Å². The number of nitrogens with zero attached hydrogens (tertiary/aromatic N) is 1. The van der Waals surface area contributed by atoms with Gasteiger partial charge in [-0.1, -0.05) is 0 Å². The zero-order valence-electron chi connectivity index (χ0n) is 8.98. The molecule has 2 aliphatic rings. The van der Waals surface area contributed by atoms with Crippen molar-refractivity contribution >= 4 is 11.9 Å². The van der Waals surface area contributed by atoms with Crippen LogP contribution < -0.4 is 0 Å². The van der Waals surface area contributed by atoms with Gasteiger partial charge in [-0.05, 0) is 32.1 Å². The van der Waals surface area contributed by atoms with E-state index >= 15 is 0 Å². The van der Waals surface area contributed by atoms with Crippen molar-refractivity contribution < 1.29 is 14.7 Å². The predicted molar refractivity (Wildman–Crippen MR) is 54.2 cm³/mol. The van der Waals surface area contributed by atoms with Crippen LogP contribution in [-0.4, -0.2) is 35.0 Å². The highest BCUT2D eigenvalue weighted by molar-refractivity contribution is 5.89. The lowest BCUT2D eigenvalue weighted by Crippen LogP contribution is -2.34. The summed E-state index contributed by atoms with van der Waals surface area (Å²) in [6.45, 7) is 3.49. The highest BCUT2D eigenvalue weighted by Crippen LogP contribution is 2.41. The summed E-state index contributed by atoms with van der Waals surface area (Å²) in [5, 5.41) is 8.75. The van der Waals surface area contributed by atoms with Crippen LogP contribution >= 0.6 is 0 Å². The Morgan fingerprint density at radius 1 is 1.33 bits per heavy atom. The number of rotatable bonds is 5. The van der Waals surface area contributed by atoms with E-state index < -0.39 is 11.9 Å². The van der Waals surface area contributed by atoms with Gasteiger partial charge in [0.1, 0.15) is 0 Å². The number of aliphatic carboxylic acids is 1. The molecule has 4 nitrogen and oxygen atoms in total. The molecule has 0 saturated heterocycles. The molecule has 2 atom stereocenters. The second kappa shape index (κ2) is 3.83. The Balaban J connectivity index is 1.85. The normalized spacial score (nSPS) is 28.6. The number of carbonyl (C=O) groups excluding carboxylic acids is 1. The van der Waals surface area contributed by atoms with Crippen LogP contribution in [0.25, 0.3) is 0 Å². The Morgan fingerprint density at radius 2 is 2.00 bits per heavy atom. The van der Waals surface area contributed by atoms with Gasteiger partial charge in [0.05, 0.1) is 11.8 Å². The summed E-state index contributed by atoms with van der Waals surface area (Å²) in [5.74, 6) is -0.740. The Morgan fingerprint density at radius 3 is 2.40 bits per heavy atom. The quantitative estimate of drug-likeness (QED) is 0.737. The minimum atomic E-state index is -0.823. The van der Waals surface area contributed by atoms with Gasteiger partial charge < -0.3 is 10.0 Å². The molecule has 0 heterocycles. The molecule has 0 aromatic rings. The van der Waals surface area contributed by atoms with Crippen molar-refractivity contribution in [3.8, 4) is 0 Å². The van der Waals surface area contributed by atoms with E-state index in [-0.39, 0.29) is 11.8 Å². The first-order valence-corrected chi connectivity index (χ1v) is 5.65. The highest BCUT2D eigenvalue weighted by atomic mass is 16.4. The van der Waals surface area contributed by atoms with E-state index in [1.165, 1.54) is 12.8 Å². The molecule has 1 amide bonds. The summed E-state index contributed by atoms with van der Waals surface area (Å²) in [6, 6.07) is 0. The maximum atomic E-state index is 11.9. The number of carboxylic acids is 1. The Hall–Kier alpha value is -1.06. The third-order valence-electron chi connectivity index (χ3n) is 3.29. The maximum Gasteiger partial charge on any atom is 0.307 e. The standard InChI is InChI=1S/C11H17NO3/c1-2-12(6-7-3-4-7)10(13)8-5-9(8)11(14)15/h7-9H,2-6H2,1H3,(H,14,15)/t8-,9-/m0/s1. The molecular weight excluding hydrogens is 194 g/mol. The average Bonchev–Trinajstić information content (AvgIpc) is 3.04. The second-order valence-electron chi connectivity index (χ2n) is 4.61. The summed E-state index contributed by atoms with van der Waals surface area (Å²) in [6.07, 6.45) is 2.98. The van der Waals surface area contributed by atoms with Gasteiger partial charge in [-0.3, -0.25) is 9.59 Å². The van der Waals surface area contributed by atoms with Crippen LogP contribution in [0, 0.1) is 17.8 Å². The van der Waals surface area contributed by atoms with Gasteiger partial charge in [0.15, 0.2) is 0 Å². The second-order valence-corrected chi connectivity index (χ2v) is 4.61. The van der Waals surface area contributed by atoms with Gasteiger partial charge in [0.25, 0.3) is 0 Å². The Labute approximate surface area is 89.3 Å². The molecule has 1 N–H and O–H groups in total. The fourth-order valence-corrected chi connectivity index (χ4v) is 1.96. The molecule has 2 saturated carbocycles. The summed E-state index contributed by atoms with van der Waals surface area (Å²) in [7, 11) is 0. The van der Waals surface area contributed by atoms with E-state index in [1.807, 2.05) is 11.8 Å². The predicted octanol–water partition coefficient (Wildman–Crippen LogP) is 0.966. The van der Waals surface area contributed by atoms with Crippen molar-refractivity contribution in [2.45, 2.75) is 26.2 Å². The third kappa shape index (κ3) is 2.30. The molecule has 15 heavy (non-hydrogen) atoms. The average molecular weight is 211 g/mol. The first-order valence-electron chi connectivity index (χ1n) is 5.65. The zero-order chi connectivity index (χ0) is 11.0. The van der Waals surface area contributed by atoms with Gasteiger partial charge in [-0.15, -0.1) is 0 Å². The molecule has 0 bridgehead atoms. The van der Waals surface area contributed by atoms with Gasteiger partial charge in [-0.25, -0.2) is 0 Å². The van der Waals surface area contributed by atoms with E-state index in [0.717, 1.165) is 6.54 Å². The molecule has 2 fully saturated rings. The fourth-order valence-electron chi connectivity index (χ4n) is 1.96. The van der Waals surface area contributed by atoms with E-state index in [9.17, 15) is 9.59 Å². The summed E-state index contributed by atoms with van der Waals surface area (Å²) < 4.78 is 0. The van der Waals surface area contributed by atoms with Crippen LogP contribution in [0.15, 0.2) is 0 Å². The van der Waals surface area contributed by atoms with E-state index in [2.05, 4.69) is 0 Å². The van der Waals surface area contributed by atoms with Crippen LogP contribution in [0.3, 0.4) is 0 Å². The van der Waals surface area contributed by atoms with Gasteiger partial charge in [0, 0.05) is 13.1 Å². The van der Waals surface area contributed by atoms with Crippen LogP contribution in [0.4, 0.5) is 0 Å². The first kappa shape index (κ1) is 10.5. The summed E-state index contributed by atoms with van der Waals surface area (Å²) >= 11 is 0. The number of carbonyl (C=O) groups is 2. The van der Waals surface area contributed by atoms with E-state index in [4.69, 9.17) is 5.11 Å². The first-order chi connectivity index (χ1) is 7.13. The summed E-state index contributed by atoms with van der Waals surface area (Å²) in [4.78, 5) is 24.4. The molecule has 0 aromatic carbocycles. The van der Waals surface area contributed by atoms with Crippen molar-refractivity contribution in [2.75, 3.05) is 13.1 Å². The smallest absolute Gasteiger partial charge is 0.307 e. The van der Waals surface area contributed by atoms with Crippen LogP contribution in [0.2, 0.25) is 0 Å². The minimum Gasteiger partial charge on any atom is -0.481 e. The molecule has 4 heteroatoms. The van der Waals surface area contributed by atoms with Crippen molar-refractivity contribution in [1.29, 1.82) is 0 Å². The number of hydrogen-bond donors (Lipinski definition) is 1. The van der Waals surface area contributed by atoms with Crippen LogP contribution in [0.1, 0.15) is 26.2 Å². The van der Waals surface area contributed by atoms with E-state index in [1.54, 1.807) is 0 Å². The van der Waals surface area contributed by atoms with Gasteiger partial charge in [0.2, 0.25) is 5.91 Å². The lowest BCUT2D eigenvalue weighted by atomic mass is 10.2. The fraction of sp³-hybridized carbons (Fsp3) is 0.818. The molecule has 0 aromatic heterocycles. The van der Waals surface area contributed by atoms with Crippen molar-refractivity contribution in [2.24, 2.45) is 17.8 Å². The highest BCUT2D eigenvalue weighted by Gasteiger charge is 2.49. The molecule has 0 radical (unpaired) electrons. The topological polar surface area (TPSA) is 57.6 Å². The maximum absolute atomic E-state index is 11.9. The van der Waals surface area contributed by atoms with Crippen molar-refractivity contribution in [1.82, 2.24) is 4.90 Å². The number of hydrogen-bond acceptors (Lipinski definition) is 2. The third-order valence-corrected chi connectivity index (χ3v) is 3.29. The van der Waals surface area contributed by atoms with Gasteiger partial charge in [-0.2, -0.15) is 0 Å². The molecular formula is C11H17NO3.